The van der Waals surface area contributed by atoms with Gasteiger partial charge >= 0.3 is 0 Å². The van der Waals surface area contributed by atoms with E-state index in [0.717, 1.165) is 12.1 Å². The third-order valence-corrected chi connectivity index (χ3v) is 2.89. The number of nitrogens with two attached hydrogens (primary N) is 1. The van der Waals surface area contributed by atoms with E-state index in [1.807, 2.05) is 0 Å². The molecule has 1 amide bonds. The summed E-state index contributed by atoms with van der Waals surface area (Å²) in [6.45, 7) is 0. The first-order valence-electron chi connectivity index (χ1n) is 5.96. The average Bonchev–Trinajstić information content (AvgIpc) is 2.81. The second-order valence-corrected chi connectivity index (χ2v) is 4.25. The molecule has 2 heterocycles. The number of nitrogen functional groups attached to an aromatic ring is 1. The minimum Gasteiger partial charge on any atom is -0.447 e. The number of aromatic nitrogens is 1. The summed E-state index contributed by atoms with van der Waals surface area (Å²) in [6.07, 6.45) is 1.49. The van der Waals surface area contributed by atoms with Crippen LogP contribution in [0.3, 0.4) is 0 Å². The number of amides is 1. The van der Waals surface area contributed by atoms with Crippen LogP contribution >= 0.6 is 0 Å². The quantitative estimate of drug-likeness (QED) is 0.760. The van der Waals surface area contributed by atoms with Crippen molar-refractivity contribution in [1.82, 2.24) is 4.98 Å². The largest absolute Gasteiger partial charge is 0.447 e. The minimum atomic E-state index is -0.892. The molecule has 7 heteroatoms. The third kappa shape index (κ3) is 2.18. The van der Waals surface area contributed by atoms with E-state index >= 15 is 0 Å². The molecule has 5 nitrogen and oxygen atoms in total. The number of benzene rings is 1. The monoisotopic (exact) mass is 289 g/mol. The zero-order valence-corrected chi connectivity index (χ0v) is 10.6. The topological polar surface area (TPSA) is 81.2 Å². The van der Waals surface area contributed by atoms with Crippen molar-refractivity contribution in [3.63, 3.8) is 0 Å². The predicted molar refractivity (Wildman–Crippen MR) is 72.7 cm³/mol. The van der Waals surface area contributed by atoms with Gasteiger partial charge < -0.3 is 15.5 Å². The summed E-state index contributed by atoms with van der Waals surface area (Å²) in [5.41, 5.74) is 5.85. The van der Waals surface area contributed by atoms with Crippen molar-refractivity contribution in [3.8, 4) is 0 Å². The summed E-state index contributed by atoms with van der Waals surface area (Å²) in [6, 6.07) is 6.45. The number of carbonyl (C=O) groups is 1. The zero-order chi connectivity index (χ0) is 15.0. The van der Waals surface area contributed by atoms with Crippen LogP contribution in [0.15, 0.2) is 40.9 Å². The highest BCUT2D eigenvalue weighted by molar-refractivity contribution is 6.10. The number of fused-ring (bicyclic) bond motifs is 1. The molecule has 0 radical (unpaired) electrons. The van der Waals surface area contributed by atoms with E-state index in [-0.39, 0.29) is 11.4 Å². The van der Waals surface area contributed by atoms with Crippen LogP contribution in [0.5, 0.6) is 0 Å². The second-order valence-electron chi connectivity index (χ2n) is 4.25. The molecule has 1 aromatic carbocycles. The van der Waals surface area contributed by atoms with Crippen molar-refractivity contribution < 1.29 is 18.0 Å². The van der Waals surface area contributed by atoms with Crippen LogP contribution in [0.25, 0.3) is 11.1 Å². The fourth-order valence-corrected chi connectivity index (χ4v) is 1.90. The molecule has 0 bridgehead atoms. The fraction of sp³-hybridized carbons (Fsp3) is 0. The zero-order valence-electron chi connectivity index (χ0n) is 10.6. The lowest BCUT2D eigenvalue weighted by Crippen LogP contribution is -2.15. The fourth-order valence-electron chi connectivity index (χ4n) is 1.90. The number of rotatable bonds is 2. The number of hydrogen-bond acceptors (Lipinski definition) is 4. The Morgan fingerprint density at radius 1 is 1.19 bits per heavy atom. The molecule has 0 unspecified atom stereocenters. The molecular weight excluding hydrogens is 280 g/mol. The molecule has 0 atom stereocenters. The van der Waals surface area contributed by atoms with E-state index in [1.54, 1.807) is 12.1 Å². The van der Waals surface area contributed by atoms with Gasteiger partial charge in [-0.25, -0.2) is 8.78 Å². The molecule has 0 aliphatic carbocycles. The molecule has 3 aromatic rings. The maximum absolute atomic E-state index is 13.5. The van der Waals surface area contributed by atoms with Gasteiger partial charge in [0.25, 0.3) is 5.91 Å². The number of pyridine rings is 1. The Morgan fingerprint density at radius 3 is 2.57 bits per heavy atom. The summed E-state index contributed by atoms with van der Waals surface area (Å²) >= 11 is 0. The molecule has 3 N–H and O–H groups in total. The van der Waals surface area contributed by atoms with Gasteiger partial charge in [-0.1, -0.05) is 6.07 Å². The maximum atomic E-state index is 13.5. The van der Waals surface area contributed by atoms with Crippen molar-refractivity contribution in [2.75, 3.05) is 11.1 Å². The number of para-hydroxylation sites is 1. The van der Waals surface area contributed by atoms with Crippen LogP contribution in [0.2, 0.25) is 0 Å². The molecule has 0 saturated carbocycles. The molecule has 106 valence electrons. The predicted octanol–water partition coefficient (Wildman–Crippen LogP) is 2.94. The second kappa shape index (κ2) is 4.86. The van der Waals surface area contributed by atoms with E-state index in [0.29, 0.717) is 11.1 Å². The van der Waals surface area contributed by atoms with Crippen molar-refractivity contribution in [1.29, 1.82) is 0 Å². The van der Waals surface area contributed by atoms with Crippen LogP contribution in [-0.2, 0) is 0 Å². The molecule has 0 aliphatic rings. The molecule has 0 saturated heterocycles. The van der Waals surface area contributed by atoms with Gasteiger partial charge in [-0.05, 0) is 24.3 Å². The molecular formula is C14H9F2N3O2. The molecule has 0 fully saturated rings. The van der Waals surface area contributed by atoms with Crippen molar-refractivity contribution in [3.05, 3.63) is 53.9 Å². The van der Waals surface area contributed by atoms with Crippen LogP contribution in [0, 0.1) is 11.6 Å². The minimum absolute atomic E-state index is 0.0137. The number of hydrogen-bond donors (Lipinski definition) is 2. The highest BCUT2D eigenvalue weighted by Gasteiger charge is 2.21. The van der Waals surface area contributed by atoms with E-state index in [9.17, 15) is 13.6 Å². The van der Waals surface area contributed by atoms with Gasteiger partial charge in [0.1, 0.15) is 28.5 Å². The normalized spacial score (nSPS) is 10.8. The average molecular weight is 289 g/mol. The van der Waals surface area contributed by atoms with Gasteiger partial charge in [0, 0.05) is 6.20 Å². The number of furan rings is 1. The number of halogens is 2. The maximum Gasteiger partial charge on any atom is 0.293 e. The number of carbonyl (C=O) groups excluding carboxylic acids is 1. The summed E-state index contributed by atoms with van der Waals surface area (Å²) in [5.74, 6) is -2.88. The van der Waals surface area contributed by atoms with Crippen LogP contribution in [-0.4, -0.2) is 10.9 Å². The summed E-state index contributed by atoms with van der Waals surface area (Å²) in [7, 11) is 0. The van der Waals surface area contributed by atoms with Crippen molar-refractivity contribution >= 4 is 28.4 Å². The standard InChI is InChI=1S/C14H9F2N3O2/c15-7-3-1-4-8(16)11(7)19-14(20)13-10(17)12-9(21-13)5-2-6-18-12/h1-6H,17H2,(H,19,20). The van der Waals surface area contributed by atoms with Gasteiger partial charge in [-0.2, -0.15) is 0 Å². The molecule has 2 aromatic heterocycles. The van der Waals surface area contributed by atoms with E-state index < -0.39 is 23.2 Å². The molecule has 0 aliphatic heterocycles. The van der Waals surface area contributed by atoms with Crippen molar-refractivity contribution in [2.24, 2.45) is 0 Å². The van der Waals surface area contributed by atoms with Gasteiger partial charge in [-0.3, -0.25) is 9.78 Å². The Labute approximate surface area is 117 Å². The summed E-state index contributed by atoms with van der Waals surface area (Å²) in [4.78, 5) is 16.0. The van der Waals surface area contributed by atoms with Crippen LogP contribution in [0.1, 0.15) is 10.6 Å². The summed E-state index contributed by atoms with van der Waals surface area (Å²) < 4.78 is 32.3. The summed E-state index contributed by atoms with van der Waals surface area (Å²) in [5, 5.41) is 2.11. The highest BCUT2D eigenvalue weighted by Crippen LogP contribution is 2.27. The molecule has 3 rings (SSSR count). The van der Waals surface area contributed by atoms with Gasteiger partial charge in [0.15, 0.2) is 5.58 Å². The van der Waals surface area contributed by atoms with Crippen molar-refractivity contribution in [2.45, 2.75) is 0 Å². The third-order valence-electron chi connectivity index (χ3n) is 2.89. The van der Waals surface area contributed by atoms with Gasteiger partial charge in [0.05, 0.1) is 0 Å². The Balaban J connectivity index is 2.00. The first-order valence-corrected chi connectivity index (χ1v) is 5.96. The SMILES string of the molecule is Nc1c(C(=O)Nc2c(F)cccc2F)oc2cccnc12. The Hall–Kier alpha value is -2.96. The smallest absolute Gasteiger partial charge is 0.293 e. The first-order chi connectivity index (χ1) is 10.1. The van der Waals surface area contributed by atoms with E-state index in [1.165, 1.54) is 12.3 Å². The van der Waals surface area contributed by atoms with Gasteiger partial charge in [0.2, 0.25) is 5.76 Å². The lowest BCUT2D eigenvalue weighted by molar-refractivity contribution is 0.0998. The van der Waals surface area contributed by atoms with Crippen LogP contribution < -0.4 is 11.1 Å². The Kier molecular flexibility index (Phi) is 3.02. The number of nitrogens with zero attached hydrogens (tertiary/aromatic N) is 1. The van der Waals surface area contributed by atoms with E-state index in [4.69, 9.17) is 10.2 Å². The van der Waals surface area contributed by atoms with Crippen LogP contribution in [0.4, 0.5) is 20.2 Å². The molecule has 21 heavy (non-hydrogen) atoms. The Bertz CT molecular complexity index is 825. The lowest BCUT2D eigenvalue weighted by Gasteiger charge is -2.06. The lowest BCUT2D eigenvalue weighted by atomic mass is 10.2. The highest BCUT2D eigenvalue weighted by atomic mass is 19.1. The number of anilines is 2. The van der Waals surface area contributed by atoms with E-state index in [2.05, 4.69) is 10.3 Å². The number of nitrogens with one attached hydrogen (secondary N) is 1. The van der Waals surface area contributed by atoms with Gasteiger partial charge in [-0.15, -0.1) is 0 Å². The Morgan fingerprint density at radius 2 is 1.90 bits per heavy atom. The first kappa shape index (κ1) is 13.0. The molecule has 0 spiro atoms.